The average molecular weight is 324 g/mol. The first-order chi connectivity index (χ1) is 11.6. The third-order valence-electron chi connectivity index (χ3n) is 6.67. The largest absolute Gasteiger partial charge is 0.349 e. The van der Waals surface area contributed by atoms with Gasteiger partial charge < -0.3 is 10.2 Å². The fraction of sp³-hybridized carbons (Fsp3) is 0.600. The fourth-order valence-corrected chi connectivity index (χ4v) is 6.21. The van der Waals surface area contributed by atoms with Crippen LogP contribution in [-0.4, -0.2) is 28.8 Å². The molecule has 4 fully saturated rings. The van der Waals surface area contributed by atoms with E-state index in [9.17, 15) is 9.59 Å². The molecule has 0 unspecified atom stereocenters. The number of amides is 2. The molecule has 24 heavy (non-hydrogen) atoms. The molecule has 0 atom stereocenters. The molecule has 0 radical (unpaired) electrons. The molecular weight excluding hydrogens is 300 g/mol. The quantitative estimate of drug-likeness (QED) is 0.929. The van der Waals surface area contributed by atoms with Crippen LogP contribution >= 0.6 is 0 Å². The summed E-state index contributed by atoms with van der Waals surface area (Å²) in [6.07, 6.45) is 7.57. The third-order valence-corrected chi connectivity index (χ3v) is 6.67. The third kappa shape index (κ3) is 2.27. The van der Waals surface area contributed by atoms with Crippen LogP contribution in [0.3, 0.4) is 0 Å². The SMILES string of the molecule is O=C(CN1Cc2ccccc2C1=O)NC12CC3CC(CC(C3)C1)C2. The van der Waals surface area contributed by atoms with Gasteiger partial charge in [0.25, 0.3) is 5.91 Å². The minimum Gasteiger partial charge on any atom is -0.349 e. The van der Waals surface area contributed by atoms with Crippen LogP contribution in [0.5, 0.6) is 0 Å². The highest BCUT2D eigenvalue weighted by molar-refractivity contribution is 6.00. The van der Waals surface area contributed by atoms with Crippen LogP contribution in [0.15, 0.2) is 24.3 Å². The zero-order valence-corrected chi connectivity index (χ0v) is 14.0. The van der Waals surface area contributed by atoms with Gasteiger partial charge in [0.2, 0.25) is 5.91 Å². The fourth-order valence-electron chi connectivity index (χ4n) is 6.21. The Labute approximate surface area is 142 Å². The summed E-state index contributed by atoms with van der Waals surface area (Å²) < 4.78 is 0. The molecule has 1 aromatic carbocycles. The van der Waals surface area contributed by atoms with E-state index in [0.717, 1.165) is 48.1 Å². The zero-order valence-electron chi connectivity index (χ0n) is 14.0. The van der Waals surface area contributed by atoms with Gasteiger partial charge in [-0.1, -0.05) is 18.2 Å². The molecule has 2 amide bonds. The highest BCUT2D eigenvalue weighted by Crippen LogP contribution is 2.55. The summed E-state index contributed by atoms with van der Waals surface area (Å²) >= 11 is 0. The summed E-state index contributed by atoms with van der Waals surface area (Å²) in [7, 11) is 0. The van der Waals surface area contributed by atoms with Crippen molar-refractivity contribution >= 4 is 11.8 Å². The molecule has 1 N–H and O–H groups in total. The van der Waals surface area contributed by atoms with Crippen molar-refractivity contribution in [2.75, 3.05) is 6.54 Å². The molecule has 0 aromatic heterocycles. The van der Waals surface area contributed by atoms with Crippen molar-refractivity contribution in [1.29, 1.82) is 0 Å². The number of hydrogen-bond donors (Lipinski definition) is 1. The van der Waals surface area contributed by atoms with Gasteiger partial charge >= 0.3 is 0 Å². The first-order valence-corrected chi connectivity index (χ1v) is 9.28. The van der Waals surface area contributed by atoms with Crippen molar-refractivity contribution in [3.63, 3.8) is 0 Å². The molecule has 4 heteroatoms. The number of carbonyl (C=O) groups is 2. The maximum absolute atomic E-state index is 12.7. The van der Waals surface area contributed by atoms with Gasteiger partial charge in [-0.25, -0.2) is 0 Å². The predicted molar refractivity (Wildman–Crippen MR) is 90.2 cm³/mol. The molecule has 4 aliphatic carbocycles. The summed E-state index contributed by atoms with van der Waals surface area (Å²) in [4.78, 5) is 26.8. The first-order valence-electron chi connectivity index (χ1n) is 9.28. The number of fused-ring (bicyclic) bond motifs is 1. The number of nitrogens with one attached hydrogen (secondary N) is 1. The standard InChI is InChI=1S/C20H24N2O2/c23-18(12-22-11-16-3-1-2-4-17(16)19(22)24)21-20-8-13-5-14(9-20)7-15(6-13)10-20/h1-4,13-15H,5-12H2,(H,21,23). The van der Waals surface area contributed by atoms with Crippen LogP contribution in [0, 0.1) is 17.8 Å². The summed E-state index contributed by atoms with van der Waals surface area (Å²) in [5.74, 6) is 2.46. The Morgan fingerprint density at radius 2 is 1.71 bits per heavy atom. The van der Waals surface area contributed by atoms with E-state index in [0.29, 0.717) is 6.54 Å². The van der Waals surface area contributed by atoms with E-state index in [4.69, 9.17) is 0 Å². The minimum absolute atomic E-state index is 0.00809. The maximum Gasteiger partial charge on any atom is 0.254 e. The topological polar surface area (TPSA) is 49.4 Å². The molecule has 1 heterocycles. The number of carbonyl (C=O) groups excluding carboxylic acids is 2. The van der Waals surface area contributed by atoms with Gasteiger partial charge in [-0.15, -0.1) is 0 Å². The minimum atomic E-state index is -0.00809. The summed E-state index contributed by atoms with van der Waals surface area (Å²) in [5, 5.41) is 3.37. The van der Waals surface area contributed by atoms with Gasteiger partial charge in [-0.3, -0.25) is 9.59 Å². The molecule has 4 saturated carbocycles. The van der Waals surface area contributed by atoms with Crippen LogP contribution in [0.25, 0.3) is 0 Å². The van der Waals surface area contributed by atoms with E-state index in [-0.39, 0.29) is 23.9 Å². The predicted octanol–water partition coefficient (Wildman–Crippen LogP) is 2.73. The van der Waals surface area contributed by atoms with E-state index in [1.165, 1.54) is 19.3 Å². The molecule has 1 aliphatic heterocycles. The van der Waals surface area contributed by atoms with Crippen molar-refractivity contribution in [2.24, 2.45) is 17.8 Å². The Balaban J connectivity index is 1.27. The van der Waals surface area contributed by atoms with E-state index in [2.05, 4.69) is 5.32 Å². The number of nitrogens with zero attached hydrogens (tertiary/aromatic N) is 1. The molecule has 0 saturated heterocycles. The average Bonchev–Trinajstić information content (AvgIpc) is 2.82. The smallest absolute Gasteiger partial charge is 0.254 e. The Kier molecular flexibility index (Phi) is 3.07. The van der Waals surface area contributed by atoms with Gasteiger partial charge in [0.1, 0.15) is 6.54 Å². The van der Waals surface area contributed by atoms with Gasteiger partial charge in [0.05, 0.1) is 0 Å². The van der Waals surface area contributed by atoms with Crippen molar-refractivity contribution in [3.05, 3.63) is 35.4 Å². The Morgan fingerprint density at radius 3 is 2.33 bits per heavy atom. The Hall–Kier alpha value is -1.84. The van der Waals surface area contributed by atoms with Crippen LogP contribution in [0.4, 0.5) is 0 Å². The number of hydrogen-bond acceptors (Lipinski definition) is 2. The van der Waals surface area contributed by atoms with Crippen molar-refractivity contribution in [1.82, 2.24) is 10.2 Å². The molecule has 0 spiro atoms. The van der Waals surface area contributed by atoms with E-state index in [1.54, 1.807) is 4.90 Å². The van der Waals surface area contributed by atoms with Crippen LogP contribution in [-0.2, 0) is 11.3 Å². The monoisotopic (exact) mass is 324 g/mol. The summed E-state index contributed by atoms with van der Waals surface area (Å²) in [6.45, 7) is 0.749. The van der Waals surface area contributed by atoms with Gasteiger partial charge in [0, 0.05) is 17.6 Å². The molecule has 4 bridgehead atoms. The van der Waals surface area contributed by atoms with Crippen LogP contribution in [0.2, 0.25) is 0 Å². The highest BCUT2D eigenvalue weighted by Gasteiger charge is 2.51. The molecule has 126 valence electrons. The lowest BCUT2D eigenvalue weighted by atomic mass is 9.53. The van der Waals surface area contributed by atoms with Gasteiger partial charge in [-0.05, 0) is 67.9 Å². The maximum atomic E-state index is 12.7. The van der Waals surface area contributed by atoms with Crippen molar-refractivity contribution < 1.29 is 9.59 Å². The first kappa shape index (κ1) is 14.5. The van der Waals surface area contributed by atoms with E-state index in [1.807, 2.05) is 24.3 Å². The number of rotatable bonds is 3. The van der Waals surface area contributed by atoms with Crippen LogP contribution in [0.1, 0.15) is 54.4 Å². The lowest BCUT2D eigenvalue weighted by molar-refractivity contribution is -0.127. The molecule has 6 rings (SSSR count). The summed E-state index contributed by atoms with van der Waals surface area (Å²) in [5.41, 5.74) is 1.81. The molecule has 1 aromatic rings. The highest BCUT2D eigenvalue weighted by atomic mass is 16.2. The second kappa shape index (κ2) is 5.08. The second-order valence-electron chi connectivity index (χ2n) is 8.56. The van der Waals surface area contributed by atoms with Crippen molar-refractivity contribution in [3.8, 4) is 0 Å². The molecule has 4 nitrogen and oxygen atoms in total. The van der Waals surface area contributed by atoms with E-state index < -0.39 is 0 Å². The molecular formula is C20H24N2O2. The Morgan fingerprint density at radius 1 is 1.08 bits per heavy atom. The molecule has 5 aliphatic rings. The normalized spacial score (nSPS) is 36.1. The second-order valence-corrected chi connectivity index (χ2v) is 8.56. The number of benzene rings is 1. The van der Waals surface area contributed by atoms with Crippen LogP contribution < -0.4 is 5.32 Å². The van der Waals surface area contributed by atoms with Gasteiger partial charge in [0.15, 0.2) is 0 Å². The lowest BCUT2D eigenvalue weighted by Gasteiger charge is -2.57. The van der Waals surface area contributed by atoms with Gasteiger partial charge in [-0.2, -0.15) is 0 Å². The summed E-state index contributed by atoms with van der Waals surface area (Å²) in [6, 6.07) is 7.67. The zero-order chi connectivity index (χ0) is 16.3. The van der Waals surface area contributed by atoms with Crippen molar-refractivity contribution in [2.45, 2.75) is 50.6 Å². The Bertz CT molecular complexity index is 676. The lowest BCUT2D eigenvalue weighted by Crippen LogP contribution is -2.61. The van der Waals surface area contributed by atoms with E-state index >= 15 is 0 Å².